The number of nitrogens with zero attached hydrogens (tertiary/aromatic N) is 3. The van der Waals surface area contributed by atoms with Crippen molar-refractivity contribution >= 4 is 40.3 Å². The first-order chi connectivity index (χ1) is 15.6. The fourth-order valence-electron chi connectivity index (χ4n) is 3.33. The van der Waals surface area contributed by atoms with Gasteiger partial charge < -0.3 is 10.1 Å². The molecule has 32 heavy (non-hydrogen) atoms. The molecule has 1 fully saturated rings. The lowest BCUT2D eigenvalue weighted by molar-refractivity contribution is -0.119. The van der Waals surface area contributed by atoms with E-state index in [1.54, 1.807) is 19.1 Å². The van der Waals surface area contributed by atoms with E-state index >= 15 is 0 Å². The van der Waals surface area contributed by atoms with E-state index in [-0.39, 0.29) is 5.91 Å². The van der Waals surface area contributed by atoms with Gasteiger partial charge in [-0.3, -0.25) is 15.0 Å². The second-order valence-electron chi connectivity index (χ2n) is 7.42. The third-order valence-corrected chi connectivity index (χ3v) is 6.11. The molecule has 1 aromatic heterocycles. The summed E-state index contributed by atoms with van der Waals surface area (Å²) < 4.78 is 5.42. The first-order valence-electron chi connectivity index (χ1n) is 10.5. The van der Waals surface area contributed by atoms with Crippen LogP contribution in [0.25, 0.3) is 10.9 Å². The number of morpholine rings is 1. The van der Waals surface area contributed by atoms with E-state index in [0.717, 1.165) is 29.0 Å². The van der Waals surface area contributed by atoms with Gasteiger partial charge in [-0.25, -0.2) is 14.8 Å². The van der Waals surface area contributed by atoms with Gasteiger partial charge in [-0.1, -0.05) is 48.2 Å². The third kappa shape index (κ3) is 5.82. The first kappa shape index (κ1) is 22.2. The summed E-state index contributed by atoms with van der Waals surface area (Å²) in [5.74, 6) is 0.323. The van der Waals surface area contributed by atoms with Crippen LogP contribution in [-0.4, -0.2) is 58.4 Å². The van der Waals surface area contributed by atoms with Gasteiger partial charge in [0.05, 0.1) is 30.5 Å². The number of nitrogens with one attached hydrogen (secondary N) is 2. The Morgan fingerprint density at radius 3 is 2.56 bits per heavy atom. The van der Waals surface area contributed by atoms with Gasteiger partial charge in [0, 0.05) is 24.2 Å². The number of carbonyl (C=O) groups excluding carboxylic acids is 2. The minimum absolute atomic E-state index is 0.388. The summed E-state index contributed by atoms with van der Waals surface area (Å²) in [5, 5.41) is 6.15. The van der Waals surface area contributed by atoms with Crippen LogP contribution in [0.3, 0.4) is 0 Å². The fourth-order valence-corrected chi connectivity index (χ4v) is 4.29. The molecule has 1 aliphatic rings. The number of urea groups is 1. The molecule has 1 saturated heterocycles. The second kappa shape index (κ2) is 10.5. The van der Waals surface area contributed by atoms with Gasteiger partial charge in [-0.15, -0.1) is 0 Å². The quantitative estimate of drug-likeness (QED) is 0.438. The van der Waals surface area contributed by atoms with Gasteiger partial charge in [0.2, 0.25) is 5.91 Å². The molecule has 166 valence electrons. The number of hydrogen-bond donors (Lipinski definition) is 2. The second-order valence-corrected chi connectivity index (χ2v) is 8.75. The van der Waals surface area contributed by atoms with Crippen LogP contribution in [0.1, 0.15) is 12.7 Å². The zero-order chi connectivity index (χ0) is 22.3. The van der Waals surface area contributed by atoms with E-state index in [1.165, 1.54) is 11.8 Å². The molecule has 2 aromatic carbocycles. The van der Waals surface area contributed by atoms with Crippen molar-refractivity contribution < 1.29 is 14.3 Å². The number of hydrogen-bond acceptors (Lipinski definition) is 7. The topological polar surface area (TPSA) is 96.4 Å². The molecule has 2 N–H and O–H groups in total. The molecule has 9 heteroatoms. The molecule has 0 spiro atoms. The van der Waals surface area contributed by atoms with Gasteiger partial charge in [0.15, 0.2) is 0 Å². The number of thioether (sulfide) groups is 1. The molecule has 4 rings (SSSR count). The van der Waals surface area contributed by atoms with Crippen LogP contribution in [0.15, 0.2) is 59.6 Å². The lowest BCUT2D eigenvalue weighted by atomic mass is 10.2. The lowest BCUT2D eigenvalue weighted by Gasteiger charge is -2.26. The highest BCUT2D eigenvalue weighted by Gasteiger charge is 2.21. The molecular formula is C23H25N5O3S. The Hall–Kier alpha value is -3.01. The zero-order valence-electron chi connectivity index (χ0n) is 17.8. The van der Waals surface area contributed by atoms with Crippen molar-refractivity contribution in [1.29, 1.82) is 0 Å². The van der Waals surface area contributed by atoms with E-state index in [9.17, 15) is 9.59 Å². The van der Waals surface area contributed by atoms with Crippen LogP contribution in [0.4, 0.5) is 10.5 Å². The number of carbonyl (C=O) groups is 2. The maximum Gasteiger partial charge on any atom is 0.325 e. The number of ether oxygens (including phenoxy) is 1. The minimum atomic E-state index is -0.561. The molecule has 0 radical (unpaired) electrons. The maximum atomic E-state index is 12.6. The molecule has 0 bridgehead atoms. The number of imide groups is 1. The molecular weight excluding hydrogens is 426 g/mol. The molecule has 3 amide bonds. The van der Waals surface area contributed by atoms with Crippen LogP contribution in [0.2, 0.25) is 0 Å². The number of para-hydroxylation sites is 2. The number of rotatable bonds is 6. The average Bonchev–Trinajstić information content (AvgIpc) is 2.80. The van der Waals surface area contributed by atoms with Gasteiger partial charge >= 0.3 is 6.03 Å². The Bertz CT molecular complexity index is 1090. The van der Waals surface area contributed by atoms with E-state index in [1.807, 2.05) is 42.5 Å². The van der Waals surface area contributed by atoms with Crippen molar-refractivity contribution in [2.45, 2.75) is 23.7 Å². The smallest absolute Gasteiger partial charge is 0.325 e. The molecule has 8 nitrogen and oxygen atoms in total. The van der Waals surface area contributed by atoms with Crippen LogP contribution in [-0.2, 0) is 16.1 Å². The summed E-state index contributed by atoms with van der Waals surface area (Å²) in [5.41, 5.74) is 1.45. The highest BCUT2D eigenvalue weighted by Crippen LogP contribution is 2.29. The Labute approximate surface area is 190 Å². The number of anilines is 1. The molecule has 0 saturated carbocycles. The van der Waals surface area contributed by atoms with E-state index in [2.05, 4.69) is 15.5 Å². The molecule has 0 aliphatic carbocycles. The Morgan fingerprint density at radius 1 is 1.06 bits per heavy atom. The van der Waals surface area contributed by atoms with Gasteiger partial charge in [0.1, 0.15) is 10.9 Å². The van der Waals surface area contributed by atoms with E-state index < -0.39 is 11.3 Å². The zero-order valence-corrected chi connectivity index (χ0v) is 18.6. The third-order valence-electron chi connectivity index (χ3n) is 5.01. The molecule has 2 heterocycles. The number of fused-ring (bicyclic) bond motifs is 1. The van der Waals surface area contributed by atoms with Gasteiger partial charge in [-0.05, 0) is 25.1 Å². The highest BCUT2D eigenvalue weighted by atomic mass is 32.2. The number of benzene rings is 2. The standard InChI is InChI=1S/C23H25N5O3S/c1-16(21(29)27-23(30)24-17-7-3-2-4-8-17)32-22-18-9-5-6-10-19(18)25-20(26-22)15-28-11-13-31-14-12-28/h2-10,16H,11-15H2,1H3,(H2,24,27,29,30). The first-order valence-corrected chi connectivity index (χ1v) is 11.4. The molecule has 1 atom stereocenters. The average molecular weight is 452 g/mol. The fraction of sp³-hybridized carbons (Fsp3) is 0.304. The Morgan fingerprint density at radius 2 is 1.78 bits per heavy atom. The molecule has 3 aromatic rings. The van der Waals surface area contributed by atoms with Crippen LogP contribution < -0.4 is 10.6 Å². The van der Waals surface area contributed by atoms with Crippen molar-refractivity contribution in [2.75, 3.05) is 31.6 Å². The summed E-state index contributed by atoms with van der Waals surface area (Å²) in [4.78, 5) is 36.5. The summed E-state index contributed by atoms with van der Waals surface area (Å²) in [6.07, 6.45) is 0. The molecule has 1 aliphatic heterocycles. The van der Waals surface area contributed by atoms with Crippen molar-refractivity contribution in [1.82, 2.24) is 20.2 Å². The van der Waals surface area contributed by atoms with Crippen LogP contribution in [0.5, 0.6) is 0 Å². The van der Waals surface area contributed by atoms with Crippen molar-refractivity contribution in [3.8, 4) is 0 Å². The highest BCUT2D eigenvalue weighted by molar-refractivity contribution is 8.00. The summed E-state index contributed by atoms with van der Waals surface area (Å²) >= 11 is 1.32. The monoisotopic (exact) mass is 451 g/mol. The van der Waals surface area contributed by atoms with Crippen LogP contribution >= 0.6 is 11.8 Å². The number of aromatic nitrogens is 2. The van der Waals surface area contributed by atoms with Crippen molar-refractivity contribution in [2.24, 2.45) is 0 Å². The summed E-state index contributed by atoms with van der Waals surface area (Å²) in [6.45, 7) is 5.48. The van der Waals surface area contributed by atoms with Gasteiger partial charge in [0.25, 0.3) is 0 Å². The lowest BCUT2D eigenvalue weighted by Crippen LogP contribution is -2.39. The SMILES string of the molecule is CC(Sc1nc(CN2CCOCC2)nc2ccccc12)C(=O)NC(=O)Nc1ccccc1. The summed E-state index contributed by atoms with van der Waals surface area (Å²) in [7, 11) is 0. The van der Waals surface area contributed by atoms with Crippen LogP contribution in [0, 0.1) is 0 Å². The van der Waals surface area contributed by atoms with E-state index in [0.29, 0.717) is 31.3 Å². The Kier molecular flexibility index (Phi) is 7.31. The largest absolute Gasteiger partial charge is 0.379 e. The predicted molar refractivity (Wildman–Crippen MR) is 125 cm³/mol. The van der Waals surface area contributed by atoms with Crippen molar-refractivity contribution in [3.05, 3.63) is 60.4 Å². The maximum absolute atomic E-state index is 12.6. The normalized spacial score (nSPS) is 15.3. The van der Waals surface area contributed by atoms with Crippen molar-refractivity contribution in [3.63, 3.8) is 0 Å². The van der Waals surface area contributed by atoms with E-state index in [4.69, 9.17) is 14.7 Å². The summed E-state index contributed by atoms with van der Waals surface area (Å²) in [6, 6.07) is 16.2. The Balaban J connectivity index is 1.45. The molecule has 1 unspecified atom stereocenters. The van der Waals surface area contributed by atoms with Gasteiger partial charge in [-0.2, -0.15) is 0 Å². The predicted octanol–water partition coefficient (Wildman–Crippen LogP) is 3.29. The minimum Gasteiger partial charge on any atom is -0.379 e. The number of amides is 3.